The Morgan fingerprint density at radius 2 is 1.95 bits per heavy atom. The average Bonchev–Trinajstić information content (AvgIpc) is 3.62. The molecule has 1 amide bonds. The molecule has 3 fully saturated rings. The Balaban J connectivity index is 1.28. The number of amides is 1. The number of piperazine rings is 1. The molecule has 1 aromatic carbocycles. The van der Waals surface area contributed by atoms with E-state index in [0.717, 1.165) is 72.1 Å². The lowest BCUT2D eigenvalue weighted by molar-refractivity contribution is -0.136. The molecule has 0 bridgehead atoms. The third-order valence-corrected chi connectivity index (χ3v) is 8.14. The molecule has 11 heteroatoms. The highest BCUT2D eigenvalue weighted by atomic mass is 16.5. The van der Waals surface area contributed by atoms with Gasteiger partial charge < -0.3 is 19.5 Å². The van der Waals surface area contributed by atoms with Gasteiger partial charge in [-0.05, 0) is 30.9 Å². The van der Waals surface area contributed by atoms with E-state index in [2.05, 4.69) is 27.8 Å². The van der Waals surface area contributed by atoms with Crippen molar-refractivity contribution < 1.29 is 9.53 Å². The minimum absolute atomic E-state index is 0.218. The number of nitrogens with one attached hydrogen (secondary N) is 1. The summed E-state index contributed by atoms with van der Waals surface area (Å²) in [6.07, 6.45) is 3.05. The van der Waals surface area contributed by atoms with Crippen molar-refractivity contribution in [3.8, 4) is 5.95 Å². The number of aryl methyl sites for hydroxylation is 2. The standard InChI is InChI=1S/C28H35N9O2/c1-3-22-30-19-6-4-5-7-20(19)37(22)28-32-25(21-14-29-10-13-39-21)26-27(33-28)34(2)23(31-26)16-35-11-12-36(24(38)17-35)15-18-8-9-18/h4-7,18,21,29H,3,8-17H2,1-2H3. The van der Waals surface area contributed by atoms with E-state index < -0.39 is 0 Å². The summed E-state index contributed by atoms with van der Waals surface area (Å²) < 4.78 is 10.3. The van der Waals surface area contributed by atoms with E-state index in [0.29, 0.717) is 38.1 Å². The number of hydrogen-bond donors (Lipinski definition) is 1. The number of nitrogens with zero attached hydrogens (tertiary/aromatic N) is 8. The lowest BCUT2D eigenvalue weighted by Crippen LogP contribution is -2.50. The quantitative estimate of drug-likeness (QED) is 0.388. The molecular weight excluding hydrogens is 494 g/mol. The number of ether oxygens (including phenoxy) is 1. The third kappa shape index (κ3) is 4.58. The number of hydrogen-bond acceptors (Lipinski definition) is 8. The largest absolute Gasteiger partial charge is 0.369 e. The Bertz CT molecular complexity index is 1530. The summed E-state index contributed by atoms with van der Waals surface area (Å²) in [6, 6.07) is 8.09. The van der Waals surface area contributed by atoms with E-state index in [1.165, 1.54) is 12.8 Å². The number of para-hydroxylation sites is 2. The molecule has 1 unspecified atom stereocenters. The van der Waals surface area contributed by atoms with Crippen molar-refractivity contribution in [2.45, 2.75) is 38.8 Å². The van der Waals surface area contributed by atoms with Crippen LogP contribution in [0.1, 0.15) is 43.2 Å². The summed E-state index contributed by atoms with van der Waals surface area (Å²) in [5.74, 6) is 3.29. The number of imidazole rings is 2. The van der Waals surface area contributed by atoms with Crippen LogP contribution in [0.5, 0.6) is 0 Å². The first-order valence-electron chi connectivity index (χ1n) is 14.1. The molecule has 2 aliphatic heterocycles. The Kier molecular flexibility index (Phi) is 6.29. The molecule has 1 aliphatic carbocycles. The molecule has 204 valence electrons. The molecule has 1 saturated carbocycles. The van der Waals surface area contributed by atoms with Crippen molar-refractivity contribution in [2.24, 2.45) is 13.0 Å². The number of carbonyl (C=O) groups is 1. The zero-order valence-electron chi connectivity index (χ0n) is 22.6. The summed E-state index contributed by atoms with van der Waals surface area (Å²) in [4.78, 5) is 37.1. The van der Waals surface area contributed by atoms with Crippen LogP contribution >= 0.6 is 0 Å². The van der Waals surface area contributed by atoms with Gasteiger partial charge in [0, 0.05) is 46.2 Å². The third-order valence-electron chi connectivity index (χ3n) is 8.14. The van der Waals surface area contributed by atoms with E-state index in [9.17, 15) is 4.79 Å². The van der Waals surface area contributed by atoms with Crippen molar-refractivity contribution in [3.05, 3.63) is 41.6 Å². The summed E-state index contributed by atoms with van der Waals surface area (Å²) >= 11 is 0. The summed E-state index contributed by atoms with van der Waals surface area (Å²) in [6.45, 7) is 7.76. The maximum absolute atomic E-state index is 12.8. The normalized spacial score (nSPS) is 20.9. The number of benzene rings is 1. The van der Waals surface area contributed by atoms with Crippen LogP contribution in [-0.4, -0.2) is 90.7 Å². The average molecular weight is 530 g/mol. The van der Waals surface area contributed by atoms with Gasteiger partial charge in [0.25, 0.3) is 0 Å². The van der Waals surface area contributed by atoms with Crippen molar-refractivity contribution in [1.29, 1.82) is 0 Å². The minimum atomic E-state index is -0.224. The van der Waals surface area contributed by atoms with E-state index >= 15 is 0 Å². The summed E-state index contributed by atoms with van der Waals surface area (Å²) in [5, 5.41) is 3.43. The van der Waals surface area contributed by atoms with Crippen LogP contribution in [0.15, 0.2) is 24.3 Å². The first kappa shape index (κ1) is 24.6. The van der Waals surface area contributed by atoms with Gasteiger partial charge in [-0.3, -0.25) is 14.3 Å². The van der Waals surface area contributed by atoms with Crippen molar-refractivity contribution in [2.75, 3.05) is 45.9 Å². The molecule has 11 nitrogen and oxygen atoms in total. The zero-order chi connectivity index (χ0) is 26.5. The number of morpholine rings is 1. The predicted molar refractivity (Wildman–Crippen MR) is 146 cm³/mol. The lowest BCUT2D eigenvalue weighted by Gasteiger charge is -2.34. The van der Waals surface area contributed by atoms with Gasteiger partial charge in [0.05, 0.1) is 30.7 Å². The Morgan fingerprint density at radius 1 is 1.08 bits per heavy atom. The van der Waals surface area contributed by atoms with E-state index in [4.69, 9.17) is 24.7 Å². The lowest BCUT2D eigenvalue weighted by atomic mass is 10.2. The summed E-state index contributed by atoms with van der Waals surface area (Å²) in [7, 11) is 2.00. The van der Waals surface area contributed by atoms with Crippen LogP contribution in [0.3, 0.4) is 0 Å². The fraction of sp³-hybridized carbons (Fsp3) is 0.536. The van der Waals surface area contributed by atoms with Gasteiger partial charge >= 0.3 is 0 Å². The fourth-order valence-corrected chi connectivity index (χ4v) is 5.76. The highest BCUT2D eigenvalue weighted by Crippen LogP contribution is 2.31. The van der Waals surface area contributed by atoms with Gasteiger partial charge in [-0.2, -0.15) is 4.98 Å². The zero-order valence-corrected chi connectivity index (χ0v) is 22.6. The first-order chi connectivity index (χ1) is 19.1. The van der Waals surface area contributed by atoms with Crippen molar-refractivity contribution in [1.82, 2.24) is 44.2 Å². The Morgan fingerprint density at radius 3 is 2.72 bits per heavy atom. The molecule has 1 N–H and O–H groups in total. The number of fused-ring (bicyclic) bond motifs is 2. The molecule has 3 aliphatic rings. The van der Waals surface area contributed by atoms with E-state index in [1.807, 2.05) is 34.7 Å². The van der Waals surface area contributed by atoms with Crippen molar-refractivity contribution in [3.63, 3.8) is 0 Å². The molecule has 0 radical (unpaired) electrons. The molecule has 4 aromatic rings. The molecule has 5 heterocycles. The van der Waals surface area contributed by atoms with Crippen LogP contribution < -0.4 is 5.32 Å². The Labute approximate surface area is 227 Å². The van der Waals surface area contributed by atoms with Gasteiger partial charge in [-0.15, -0.1) is 0 Å². The second kappa shape index (κ2) is 9.96. The van der Waals surface area contributed by atoms with E-state index in [1.54, 1.807) is 0 Å². The molecule has 7 rings (SSSR count). The molecule has 0 spiro atoms. The van der Waals surface area contributed by atoms with Gasteiger partial charge in [0.1, 0.15) is 29.0 Å². The van der Waals surface area contributed by atoms with Crippen LogP contribution in [-0.2, 0) is 29.5 Å². The monoisotopic (exact) mass is 529 g/mol. The van der Waals surface area contributed by atoms with Crippen LogP contribution in [0.4, 0.5) is 0 Å². The highest BCUT2D eigenvalue weighted by molar-refractivity contribution is 5.80. The van der Waals surface area contributed by atoms with E-state index in [-0.39, 0.29) is 12.0 Å². The predicted octanol–water partition coefficient (Wildman–Crippen LogP) is 1.98. The fourth-order valence-electron chi connectivity index (χ4n) is 5.76. The molecule has 3 aromatic heterocycles. The van der Waals surface area contributed by atoms with Gasteiger partial charge in [-0.25, -0.2) is 15.0 Å². The smallest absolute Gasteiger partial charge is 0.238 e. The van der Waals surface area contributed by atoms with Crippen LogP contribution in [0, 0.1) is 5.92 Å². The van der Waals surface area contributed by atoms with Gasteiger partial charge in [0.2, 0.25) is 11.9 Å². The second-order valence-electron chi connectivity index (χ2n) is 10.9. The number of rotatable bonds is 7. The second-order valence-corrected chi connectivity index (χ2v) is 10.9. The first-order valence-corrected chi connectivity index (χ1v) is 14.1. The van der Waals surface area contributed by atoms with Crippen LogP contribution in [0.25, 0.3) is 28.1 Å². The minimum Gasteiger partial charge on any atom is -0.369 e. The molecule has 1 atom stereocenters. The topological polar surface area (TPSA) is 106 Å². The molecular formula is C28H35N9O2. The van der Waals surface area contributed by atoms with Crippen molar-refractivity contribution >= 4 is 28.1 Å². The maximum atomic E-state index is 12.8. The number of carbonyl (C=O) groups excluding carboxylic acids is 1. The SMILES string of the molecule is CCc1nc2ccccc2n1-c1nc(C2CNCCO2)c2nc(CN3CCN(CC4CC4)C(=O)C3)n(C)c2n1. The maximum Gasteiger partial charge on any atom is 0.238 e. The molecule has 39 heavy (non-hydrogen) atoms. The Hall–Kier alpha value is -3.41. The number of aromatic nitrogens is 6. The highest BCUT2D eigenvalue weighted by Gasteiger charge is 2.31. The molecule has 2 saturated heterocycles. The summed E-state index contributed by atoms with van der Waals surface area (Å²) in [5.41, 5.74) is 4.21. The van der Waals surface area contributed by atoms with Gasteiger partial charge in [0.15, 0.2) is 5.65 Å². The van der Waals surface area contributed by atoms with Crippen LogP contribution in [0.2, 0.25) is 0 Å². The van der Waals surface area contributed by atoms with Gasteiger partial charge in [-0.1, -0.05) is 19.1 Å².